The van der Waals surface area contributed by atoms with E-state index in [1.807, 2.05) is 20.8 Å². The monoisotopic (exact) mass is 360 g/mol. The van der Waals surface area contributed by atoms with Gasteiger partial charge in [-0.15, -0.1) is 0 Å². The van der Waals surface area contributed by atoms with Gasteiger partial charge in [0.25, 0.3) is 10.0 Å². The van der Waals surface area contributed by atoms with Crippen LogP contribution in [0.3, 0.4) is 0 Å². The number of hydrogen-bond acceptors (Lipinski definition) is 3. The molecule has 2 rings (SSSR count). The molecule has 0 spiro atoms. The van der Waals surface area contributed by atoms with Crippen LogP contribution >= 0.6 is 0 Å². The number of benzene rings is 2. The fourth-order valence-corrected chi connectivity index (χ4v) is 3.52. The molecule has 6 heteroatoms. The Morgan fingerprint density at radius 2 is 1.44 bits per heavy atom. The fraction of sp³-hybridized carbons (Fsp3) is 0.316. The summed E-state index contributed by atoms with van der Waals surface area (Å²) in [5.41, 5.74) is 2.09. The second-order valence-corrected chi connectivity index (χ2v) is 7.68. The first kappa shape index (κ1) is 19.0. The molecule has 2 N–H and O–H groups in total. The normalized spacial score (nSPS) is 11.4. The van der Waals surface area contributed by atoms with Crippen molar-refractivity contribution in [1.82, 2.24) is 0 Å². The highest BCUT2D eigenvalue weighted by molar-refractivity contribution is 7.92. The molecule has 2 aromatic rings. The van der Waals surface area contributed by atoms with Crippen molar-refractivity contribution >= 4 is 27.3 Å². The number of rotatable bonds is 7. The predicted molar refractivity (Wildman–Crippen MR) is 101 cm³/mol. The SMILES string of the molecule is CCC(CC)C(=O)Nc1ccc(NS(=O)(=O)c2ccc(C)cc2)cc1. The van der Waals surface area contributed by atoms with Gasteiger partial charge in [-0.2, -0.15) is 0 Å². The van der Waals surface area contributed by atoms with Crippen molar-refractivity contribution in [2.45, 2.75) is 38.5 Å². The van der Waals surface area contributed by atoms with Crippen molar-refractivity contribution in [3.05, 3.63) is 54.1 Å². The van der Waals surface area contributed by atoms with Crippen LogP contribution < -0.4 is 10.0 Å². The van der Waals surface area contributed by atoms with Gasteiger partial charge in [-0.3, -0.25) is 9.52 Å². The van der Waals surface area contributed by atoms with Crippen molar-refractivity contribution in [3.8, 4) is 0 Å². The Bertz CT molecular complexity index is 809. The molecule has 0 radical (unpaired) electrons. The van der Waals surface area contributed by atoms with Gasteiger partial charge in [-0.05, 0) is 56.2 Å². The maximum Gasteiger partial charge on any atom is 0.261 e. The summed E-state index contributed by atoms with van der Waals surface area (Å²) >= 11 is 0. The molecular weight excluding hydrogens is 336 g/mol. The third-order valence-electron chi connectivity index (χ3n) is 4.09. The third-order valence-corrected chi connectivity index (χ3v) is 5.49. The van der Waals surface area contributed by atoms with E-state index in [4.69, 9.17) is 0 Å². The molecule has 0 saturated carbocycles. The standard InChI is InChI=1S/C19H24N2O3S/c1-4-15(5-2)19(22)20-16-8-10-17(11-9-16)21-25(23,24)18-12-6-14(3)7-13-18/h6-13,15,21H,4-5H2,1-3H3,(H,20,22). The second kappa shape index (κ2) is 8.16. The van der Waals surface area contributed by atoms with Crippen molar-refractivity contribution in [2.24, 2.45) is 5.92 Å². The molecule has 134 valence electrons. The van der Waals surface area contributed by atoms with Gasteiger partial charge in [-0.1, -0.05) is 31.5 Å². The lowest BCUT2D eigenvalue weighted by atomic mass is 10.0. The van der Waals surface area contributed by atoms with Gasteiger partial charge in [-0.25, -0.2) is 8.42 Å². The Labute approximate surface area is 149 Å². The zero-order chi connectivity index (χ0) is 18.4. The second-order valence-electron chi connectivity index (χ2n) is 6.00. The van der Waals surface area contributed by atoms with E-state index in [2.05, 4.69) is 10.0 Å². The Hall–Kier alpha value is -2.34. The number of anilines is 2. The Morgan fingerprint density at radius 3 is 1.96 bits per heavy atom. The van der Waals surface area contributed by atoms with Gasteiger partial charge < -0.3 is 5.32 Å². The van der Waals surface area contributed by atoms with E-state index < -0.39 is 10.0 Å². The summed E-state index contributed by atoms with van der Waals surface area (Å²) in [4.78, 5) is 12.3. The highest BCUT2D eigenvalue weighted by Gasteiger charge is 2.15. The molecular formula is C19H24N2O3S. The molecule has 0 bridgehead atoms. The number of amides is 1. The van der Waals surface area contributed by atoms with Crippen molar-refractivity contribution in [2.75, 3.05) is 10.0 Å². The molecule has 0 unspecified atom stereocenters. The minimum atomic E-state index is -3.62. The van der Waals surface area contributed by atoms with Gasteiger partial charge in [0, 0.05) is 17.3 Å². The van der Waals surface area contributed by atoms with E-state index in [9.17, 15) is 13.2 Å². The number of carbonyl (C=O) groups is 1. The summed E-state index contributed by atoms with van der Waals surface area (Å²) in [6, 6.07) is 13.3. The molecule has 0 atom stereocenters. The van der Waals surface area contributed by atoms with Crippen molar-refractivity contribution < 1.29 is 13.2 Å². The van der Waals surface area contributed by atoms with Gasteiger partial charge in [0.2, 0.25) is 5.91 Å². The van der Waals surface area contributed by atoms with E-state index in [0.29, 0.717) is 11.4 Å². The first-order valence-corrected chi connectivity index (χ1v) is 9.84. The lowest BCUT2D eigenvalue weighted by molar-refractivity contribution is -0.120. The summed E-state index contributed by atoms with van der Waals surface area (Å²) in [5.74, 6) is -0.0299. The van der Waals surface area contributed by atoms with E-state index in [1.54, 1.807) is 48.5 Å². The predicted octanol–water partition coefficient (Wildman–Crippen LogP) is 4.17. The molecule has 0 saturated heterocycles. The highest BCUT2D eigenvalue weighted by atomic mass is 32.2. The van der Waals surface area contributed by atoms with Crippen LogP contribution in [0.15, 0.2) is 53.4 Å². The first-order chi connectivity index (χ1) is 11.9. The summed E-state index contributed by atoms with van der Waals surface area (Å²) < 4.78 is 27.3. The minimum absolute atomic E-state index is 0.0142. The molecule has 0 aromatic heterocycles. The van der Waals surface area contributed by atoms with E-state index in [-0.39, 0.29) is 16.7 Å². The van der Waals surface area contributed by atoms with E-state index in [1.165, 1.54) is 0 Å². The fourth-order valence-electron chi connectivity index (χ4n) is 2.46. The number of carbonyl (C=O) groups excluding carboxylic acids is 1. The summed E-state index contributed by atoms with van der Waals surface area (Å²) in [7, 11) is -3.62. The van der Waals surface area contributed by atoms with Crippen LogP contribution in [0.1, 0.15) is 32.3 Å². The molecule has 1 amide bonds. The average Bonchev–Trinajstić information content (AvgIpc) is 2.58. The van der Waals surface area contributed by atoms with Crippen LogP contribution in [0.4, 0.5) is 11.4 Å². The number of sulfonamides is 1. The number of nitrogens with one attached hydrogen (secondary N) is 2. The lowest BCUT2D eigenvalue weighted by Crippen LogP contribution is -2.21. The zero-order valence-electron chi connectivity index (χ0n) is 14.7. The molecule has 0 aliphatic rings. The van der Waals surface area contributed by atoms with Crippen LogP contribution in [0, 0.1) is 12.8 Å². The van der Waals surface area contributed by atoms with Crippen LogP contribution in [0.2, 0.25) is 0 Å². The molecule has 2 aromatic carbocycles. The highest BCUT2D eigenvalue weighted by Crippen LogP contribution is 2.20. The van der Waals surface area contributed by atoms with Crippen LogP contribution in [-0.4, -0.2) is 14.3 Å². The number of aryl methyl sites for hydroxylation is 1. The van der Waals surface area contributed by atoms with E-state index >= 15 is 0 Å². The quantitative estimate of drug-likeness (QED) is 0.778. The summed E-state index contributed by atoms with van der Waals surface area (Å²) in [6.45, 7) is 5.87. The molecule has 0 aliphatic heterocycles. The maximum atomic E-state index is 12.4. The molecule has 0 fully saturated rings. The van der Waals surface area contributed by atoms with Crippen LogP contribution in [-0.2, 0) is 14.8 Å². The van der Waals surface area contributed by atoms with E-state index in [0.717, 1.165) is 18.4 Å². The Kier molecular flexibility index (Phi) is 6.20. The van der Waals surface area contributed by atoms with Gasteiger partial charge in [0.05, 0.1) is 4.90 Å². The topological polar surface area (TPSA) is 75.3 Å². The summed E-state index contributed by atoms with van der Waals surface area (Å²) in [5, 5.41) is 2.86. The molecule has 0 aliphatic carbocycles. The third kappa shape index (κ3) is 5.06. The maximum absolute atomic E-state index is 12.4. The molecule has 25 heavy (non-hydrogen) atoms. The number of hydrogen-bond donors (Lipinski definition) is 2. The molecule has 0 heterocycles. The van der Waals surface area contributed by atoms with Gasteiger partial charge in [0.1, 0.15) is 0 Å². The summed E-state index contributed by atoms with van der Waals surface area (Å²) in [6.07, 6.45) is 1.58. The largest absolute Gasteiger partial charge is 0.326 e. The first-order valence-electron chi connectivity index (χ1n) is 8.36. The van der Waals surface area contributed by atoms with Gasteiger partial charge >= 0.3 is 0 Å². The zero-order valence-corrected chi connectivity index (χ0v) is 15.6. The Morgan fingerprint density at radius 1 is 0.920 bits per heavy atom. The van der Waals surface area contributed by atoms with Crippen LogP contribution in [0.25, 0.3) is 0 Å². The Balaban J connectivity index is 2.07. The minimum Gasteiger partial charge on any atom is -0.326 e. The smallest absolute Gasteiger partial charge is 0.261 e. The van der Waals surface area contributed by atoms with Crippen molar-refractivity contribution in [3.63, 3.8) is 0 Å². The van der Waals surface area contributed by atoms with Crippen LogP contribution in [0.5, 0.6) is 0 Å². The average molecular weight is 360 g/mol. The molecule has 5 nitrogen and oxygen atoms in total. The lowest BCUT2D eigenvalue weighted by Gasteiger charge is -2.13. The van der Waals surface area contributed by atoms with Gasteiger partial charge in [0.15, 0.2) is 0 Å². The van der Waals surface area contributed by atoms with Crippen molar-refractivity contribution in [1.29, 1.82) is 0 Å².